The molecule has 0 spiro atoms. The van der Waals surface area contributed by atoms with Gasteiger partial charge in [0.05, 0.1) is 0 Å². The summed E-state index contributed by atoms with van der Waals surface area (Å²) in [5.74, 6) is 0.697. The summed E-state index contributed by atoms with van der Waals surface area (Å²) in [6.07, 6.45) is 2.56. The zero-order valence-electron chi connectivity index (χ0n) is 11.6. The predicted molar refractivity (Wildman–Crippen MR) is 78.6 cm³/mol. The van der Waals surface area contributed by atoms with Gasteiger partial charge in [-0.15, -0.1) is 0 Å². The Morgan fingerprint density at radius 1 is 1.15 bits per heavy atom. The summed E-state index contributed by atoms with van der Waals surface area (Å²) >= 11 is 0. The molecule has 0 fully saturated rings. The molecule has 0 radical (unpaired) electrons. The molecule has 0 saturated carbocycles. The molecule has 0 atom stereocenters. The van der Waals surface area contributed by atoms with E-state index in [1.54, 1.807) is 0 Å². The van der Waals surface area contributed by atoms with Crippen LogP contribution in [0.1, 0.15) is 18.9 Å². The molecule has 1 aromatic carbocycles. The van der Waals surface area contributed by atoms with Crippen LogP contribution in [0.15, 0.2) is 35.1 Å². The van der Waals surface area contributed by atoms with Gasteiger partial charge in [0.25, 0.3) is 0 Å². The summed E-state index contributed by atoms with van der Waals surface area (Å²) in [6, 6.07) is 8.14. The predicted octanol–water partition coefficient (Wildman–Crippen LogP) is 3.42. The molecule has 0 saturated heterocycles. The van der Waals surface area contributed by atoms with E-state index in [-0.39, 0.29) is 0 Å². The van der Waals surface area contributed by atoms with Crippen molar-refractivity contribution in [1.82, 2.24) is 15.1 Å². The fraction of sp³-hybridized carbons (Fsp3) is 0.267. The zero-order valence-corrected chi connectivity index (χ0v) is 11.6. The van der Waals surface area contributed by atoms with Crippen LogP contribution < -0.4 is 5.32 Å². The molecule has 0 amide bonds. The highest BCUT2D eigenvalue weighted by atomic mass is 16.5. The Bertz CT molecular complexity index is 718. The van der Waals surface area contributed by atoms with Crippen LogP contribution in [0.3, 0.4) is 0 Å². The van der Waals surface area contributed by atoms with Gasteiger partial charge in [-0.05, 0) is 13.3 Å². The summed E-state index contributed by atoms with van der Waals surface area (Å²) in [5, 5.41) is 7.37. The number of aryl methyl sites for hydroxylation is 1. The lowest BCUT2D eigenvalue weighted by Crippen LogP contribution is -2.02. The van der Waals surface area contributed by atoms with Crippen LogP contribution in [-0.4, -0.2) is 21.7 Å². The maximum Gasteiger partial charge on any atom is 0.228 e. The van der Waals surface area contributed by atoms with Gasteiger partial charge in [0.2, 0.25) is 5.58 Å². The van der Waals surface area contributed by atoms with Crippen molar-refractivity contribution in [2.75, 3.05) is 11.9 Å². The number of benzene rings is 1. The standard InChI is InChI=1S/C15H16N4O/c1-3-8-16-15-14-13(17-9-18-15)12(19-20-14)11-6-4-10(2)5-7-11/h4-7,9H,3,8H2,1-2H3,(H,16,17,18). The average Bonchev–Trinajstić information content (AvgIpc) is 2.90. The first-order chi connectivity index (χ1) is 9.79. The number of hydrogen-bond acceptors (Lipinski definition) is 5. The van der Waals surface area contributed by atoms with Gasteiger partial charge in [0, 0.05) is 12.1 Å². The van der Waals surface area contributed by atoms with E-state index in [1.165, 1.54) is 11.9 Å². The van der Waals surface area contributed by atoms with E-state index in [0.29, 0.717) is 11.4 Å². The molecule has 0 aliphatic rings. The third-order valence-electron chi connectivity index (χ3n) is 3.12. The van der Waals surface area contributed by atoms with E-state index in [0.717, 1.165) is 29.7 Å². The van der Waals surface area contributed by atoms with Gasteiger partial charge in [-0.1, -0.05) is 41.9 Å². The molecule has 0 bridgehead atoms. The third-order valence-corrected chi connectivity index (χ3v) is 3.12. The lowest BCUT2D eigenvalue weighted by atomic mass is 10.1. The minimum absolute atomic E-state index is 0.608. The van der Waals surface area contributed by atoms with Crippen LogP contribution in [0.25, 0.3) is 22.4 Å². The molecular weight excluding hydrogens is 252 g/mol. The molecule has 102 valence electrons. The summed E-state index contributed by atoms with van der Waals surface area (Å²) in [7, 11) is 0. The first-order valence-electron chi connectivity index (χ1n) is 6.71. The molecule has 20 heavy (non-hydrogen) atoms. The largest absolute Gasteiger partial charge is 0.367 e. The molecule has 1 N–H and O–H groups in total. The van der Waals surface area contributed by atoms with E-state index in [4.69, 9.17) is 4.52 Å². The SMILES string of the molecule is CCCNc1ncnc2c(-c3ccc(C)cc3)noc12. The van der Waals surface area contributed by atoms with Gasteiger partial charge in [-0.2, -0.15) is 0 Å². The Labute approximate surface area is 117 Å². The van der Waals surface area contributed by atoms with Gasteiger partial charge < -0.3 is 9.84 Å². The third kappa shape index (κ3) is 2.22. The van der Waals surface area contributed by atoms with Crippen molar-refractivity contribution in [2.24, 2.45) is 0 Å². The molecule has 5 nitrogen and oxygen atoms in total. The van der Waals surface area contributed by atoms with E-state index in [1.807, 2.05) is 24.3 Å². The summed E-state index contributed by atoms with van der Waals surface area (Å²) in [6.45, 7) is 5.00. The van der Waals surface area contributed by atoms with Crippen molar-refractivity contribution in [3.8, 4) is 11.3 Å². The summed E-state index contributed by atoms with van der Waals surface area (Å²) < 4.78 is 5.42. The summed E-state index contributed by atoms with van der Waals surface area (Å²) in [5.41, 5.74) is 4.30. The monoisotopic (exact) mass is 268 g/mol. The Kier molecular flexibility index (Phi) is 3.33. The molecule has 3 rings (SSSR count). The number of rotatable bonds is 4. The number of fused-ring (bicyclic) bond motifs is 1. The van der Waals surface area contributed by atoms with Crippen LogP contribution in [0, 0.1) is 6.92 Å². The Balaban J connectivity index is 2.07. The number of hydrogen-bond donors (Lipinski definition) is 1. The number of anilines is 1. The van der Waals surface area contributed by atoms with E-state index in [2.05, 4.69) is 34.3 Å². The maximum atomic E-state index is 5.42. The van der Waals surface area contributed by atoms with Crippen molar-refractivity contribution in [1.29, 1.82) is 0 Å². The van der Waals surface area contributed by atoms with Gasteiger partial charge in [-0.3, -0.25) is 0 Å². The highest BCUT2D eigenvalue weighted by Gasteiger charge is 2.15. The second kappa shape index (κ2) is 5.28. The van der Waals surface area contributed by atoms with E-state index in [9.17, 15) is 0 Å². The molecule has 5 heteroatoms. The van der Waals surface area contributed by atoms with Gasteiger partial charge in [-0.25, -0.2) is 9.97 Å². The summed E-state index contributed by atoms with van der Waals surface area (Å²) in [4.78, 5) is 8.51. The van der Waals surface area contributed by atoms with E-state index < -0.39 is 0 Å². The number of aromatic nitrogens is 3. The molecular formula is C15H16N4O. The second-order valence-electron chi connectivity index (χ2n) is 4.72. The Hall–Kier alpha value is -2.43. The van der Waals surface area contributed by atoms with Crippen molar-refractivity contribution in [3.63, 3.8) is 0 Å². The number of nitrogens with zero attached hydrogens (tertiary/aromatic N) is 3. The zero-order chi connectivity index (χ0) is 13.9. The topological polar surface area (TPSA) is 63.8 Å². The minimum Gasteiger partial charge on any atom is -0.367 e. The Morgan fingerprint density at radius 3 is 2.70 bits per heavy atom. The van der Waals surface area contributed by atoms with Gasteiger partial charge >= 0.3 is 0 Å². The van der Waals surface area contributed by atoms with Crippen molar-refractivity contribution in [2.45, 2.75) is 20.3 Å². The van der Waals surface area contributed by atoms with Crippen LogP contribution in [0.2, 0.25) is 0 Å². The van der Waals surface area contributed by atoms with Crippen molar-refractivity contribution < 1.29 is 4.52 Å². The van der Waals surface area contributed by atoms with Gasteiger partial charge in [0.1, 0.15) is 17.5 Å². The highest BCUT2D eigenvalue weighted by molar-refractivity contribution is 5.93. The lowest BCUT2D eigenvalue weighted by Gasteiger charge is -2.02. The van der Waals surface area contributed by atoms with E-state index >= 15 is 0 Å². The van der Waals surface area contributed by atoms with Crippen LogP contribution in [0.5, 0.6) is 0 Å². The molecule has 3 aromatic rings. The second-order valence-corrected chi connectivity index (χ2v) is 4.72. The normalized spacial score (nSPS) is 10.9. The average molecular weight is 268 g/mol. The quantitative estimate of drug-likeness (QED) is 0.785. The molecule has 0 unspecified atom stereocenters. The smallest absolute Gasteiger partial charge is 0.228 e. The molecule has 2 heterocycles. The number of nitrogens with one attached hydrogen (secondary N) is 1. The minimum atomic E-state index is 0.608. The first kappa shape index (κ1) is 12.6. The first-order valence-corrected chi connectivity index (χ1v) is 6.71. The molecule has 2 aromatic heterocycles. The Morgan fingerprint density at radius 2 is 1.95 bits per heavy atom. The van der Waals surface area contributed by atoms with Crippen molar-refractivity contribution in [3.05, 3.63) is 36.2 Å². The van der Waals surface area contributed by atoms with Crippen molar-refractivity contribution >= 4 is 16.9 Å². The molecule has 0 aliphatic heterocycles. The van der Waals surface area contributed by atoms with Crippen LogP contribution in [-0.2, 0) is 0 Å². The highest BCUT2D eigenvalue weighted by Crippen LogP contribution is 2.29. The fourth-order valence-corrected chi connectivity index (χ4v) is 2.03. The lowest BCUT2D eigenvalue weighted by molar-refractivity contribution is 0.459. The fourth-order valence-electron chi connectivity index (χ4n) is 2.03. The van der Waals surface area contributed by atoms with Crippen LogP contribution >= 0.6 is 0 Å². The maximum absolute atomic E-state index is 5.42. The van der Waals surface area contributed by atoms with Crippen LogP contribution in [0.4, 0.5) is 5.82 Å². The molecule has 0 aliphatic carbocycles. The van der Waals surface area contributed by atoms with Gasteiger partial charge in [0.15, 0.2) is 5.82 Å².